The zero-order chi connectivity index (χ0) is 16.0. The van der Waals surface area contributed by atoms with Crippen LogP contribution in [0, 0.1) is 6.92 Å². The van der Waals surface area contributed by atoms with E-state index in [0.29, 0.717) is 5.69 Å². The molecule has 0 fully saturated rings. The highest BCUT2D eigenvalue weighted by atomic mass is 19.4. The number of halogens is 3. The molecular formula is C12H16F3N3O3. The molecule has 0 aromatic carbocycles. The van der Waals surface area contributed by atoms with Gasteiger partial charge in [-0.3, -0.25) is 4.79 Å². The summed E-state index contributed by atoms with van der Waals surface area (Å²) in [6.07, 6.45) is -4.13. The van der Waals surface area contributed by atoms with Crippen molar-refractivity contribution in [3.8, 4) is 0 Å². The predicted octanol–water partition coefficient (Wildman–Crippen LogP) is 1.22. The number of nitrogens with two attached hydrogens (primary N) is 1. The molecule has 0 aliphatic heterocycles. The molecule has 1 heterocycles. The number of ether oxygens (including phenoxy) is 1. The zero-order valence-electron chi connectivity index (χ0n) is 11.4. The second-order valence-corrected chi connectivity index (χ2v) is 4.35. The molecule has 21 heavy (non-hydrogen) atoms. The van der Waals surface area contributed by atoms with E-state index < -0.39 is 18.3 Å². The normalized spacial score (nSPS) is 12.7. The monoisotopic (exact) mass is 307 g/mol. The molecule has 6 nitrogen and oxygen atoms in total. The lowest BCUT2D eigenvalue weighted by Crippen LogP contribution is -2.31. The van der Waals surface area contributed by atoms with E-state index in [1.807, 2.05) is 0 Å². The molecule has 1 rings (SSSR count). The van der Waals surface area contributed by atoms with Gasteiger partial charge in [-0.2, -0.15) is 13.2 Å². The smallest absolute Gasteiger partial charge is 0.409 e. The lowest BCUT2D eigenvalue weighted by atomic mass is 10.2. The van der Waals surface area contributed by atoms with E-state index in [1.165, 1.54) is 10.6 Å². The van der Waals surface area contributed by atoms with Crippen LogP contribution >= 0.6 is 0 Å². The van der Waals surface area contributed by atoms with Crippen LogP contribution in [0.2, 0.25) is 0 Å². The lowest BCUT2D eigenvalue weighted by Gasteiger charge is -2.12. The number of aromatic nitrogens is 1. The summed E-state index contributed by atoms with van der Waals surface area (Å²) >= 11 is 0. The topological polar surface area (TPSA) is 89.8 Å². The van der Waals surface area contributed by atoms with Crippen molar-refractivity contribution < 1.29 is 23.1 Å². The largest absolute Gasteiger partial charge is 0.411 e. The highest BCUT2D eigenvalue weighted by molar-refractivity contribution is 5.96. The number of aryl methyl sites for hydroxylation is 1. The van der Waals surface area contributed by atoms with Crippen LogP contribution < -0.4 is 11.3 Å². The molecule has 0 aliphatic carbocycles. The van der Waals surface area contributed by atoms with Gasteiger partial charge >= 0.3 is 6.18 Å². The molecule has 0 saturated carbocycles. The van der Waals surface area contributed by atoms with Gasteiger partial charge in [-0.15, -0.1) is 0 Å². The third-order valence-electron chi connectivity index (χ3n) is 2.71. The Balaban J connectivity index is 2.69. The Hall–Kier alpha value is -2.03. The fraction of sp³-hybridized carbons (Fsp3) is 0.500. The minimum Gasteiger partial charge on any atom is -0.409 e. The molecule has 9 heteroatoms. The summed E-state index contributed by atoms with van der Waals surface area (Å²) in [4.78, 5) is 12.1. The fourth-order valence-corrected chi connectivity index (χ4v) is 1.71. The number of alkyl halides is 3. The standard InChI is InChI=1S/C12H16F3N3O3/c1-8-3-4-9(10(16)17-20)11(19)18(8)5-2-6-21-7-12(13,14)15/h3-4,20H,2,5-7H2,1H3,(H2,16,17). The molecule has 0 aliphatic rings. The lowest BCUT2D eigenvalue weighted by molar-refractivity contribution is -0.174. The summed E-state index contributed by atoms with van der Waals surface area (Å²) in [5, 5.41) is 11.3. The summed E-state index contributed by atoms with van der Waals surface area (Å²) < 4.78 is 41.5. The van der Waals surface area contributed by atoms with Gasteiger partial charge in [0.15, 0.2) is 5.84 Å². The summed E-state index contributed by atoms with van der Waals surface area (Å²) in [7, 11) is 0. The molecular weight excluding hydrogens is 291 g/mol. The third kappa shape index (κ3) is 5.10. The Bertz CT molecular complexity index is 567. The van der Waals surface area contributed by atoms with Crippen molar-refractivity contribution in [2.45, 2.75) is 26.1 Å². The van der Waals surface area contributed by atoms with Crippen LogP contribution in [0.25, 0.3) is 0 Å². The van der Waals surface area contributed by atoms with Crippen LogP contribution in [-0.2, 0) is 11.3 Å². The average Bonchev–Trinajstić information content (AvgIpc) is 2.39. The van der Waals surface area contributed by atoms with Gasteiger partial charge in [-0.1, -0.05) is 5.16 Å². The Morgan fingerprint density at radius 2 is 2.14 bits per heavy atom. The van der Waals surface area contributed by atoms with Crippen molar-refractivity contribution in [2.75, 3.05) is 13.2 Å². The molecule has 1 aromatic rings. The van der Waals surface area contributed by atoms with Crippen LogP contribution in [0.1, 0.15) is 17.7 Å². The van der Waals surface area contributed by atoms with Crippen molar-refractivity contribution in [1.29, 1.82) is 0 Å². The zero-order valence-corrected chi connectivity index (χ0v) is 11.4. The molecule has 118 valence electrons. The van der Waals surface area contributed by atoms with Crippen LogP contribution in [-0.4, -0.2) is 35.0 Å². The first-order valence-electron chi connectivity index (χ1n) is 6.09. The average molecular weight is 307 g/mol. The van der Waals surface area contributed by atoms with Gasteiger partial charge in [-0.25, -0.2) is 0 Å². The molecule has 1 aromatic heterocycles. The van der Waals surface area contributed by atoms with E-state index in [0.717, 1.165) is 0 Å². The van der Waals surface area contributed by atoms with Crippen LogP contribution in [0.5, 0.6) is 0 Å². The quantitative estimate of drug-likeness (QED) is 0.272. The Morgan fingerprint density at radius 3 is 2.71 bits per heavy atom. The number of oxime groups is 1. The molecule has 0 bridgehead atoms. The predicted molar refractivity (Wildman–Crippen MR) is 69.4 cm³/mol. The fourth-order valence-electron chi connectivity index (χ4n) is 1.71. The first-order chi connectivity index (χ1) is 9.76. The minimum absolute atomic E-state index is 0.0271. The van der Waals surface area contributed by atoms with E-state index in [-0.39, 0.29) is 31.0 Å². The Kier molecular flexibility index (Phi) is 5.77. The highest BCUT2D eigenvalue weighted by Crippen LogP contribution is 2.14. The summed E-state index contributed by atoms with van der Waals surface area (Å²) in [6.45, 7) is 0.410. The van der Waals surface area contributed by atoms with Gasteiger partial charge < -0.3 is 20.2 Å². The molecule has 0 spiro atoms. The first kappa shape index (κ1) is 17.0. The SMILES string of the molecule is Cc1ccc(/C(N)=N/O)c(=O)n1CCCOCC(F)(F)F. The number of hydrogen-bond acceptors (Lipinski definition) is 4. The van der Waals surface area contributed by atoms with E-state index >= 15 is 0 Å². The second kappa shape index (κ2) is 7.11. The number of hydrogen-bond donors (Lipinski definition) is 2. The van der Waals surface area contributed by atoms with Crippen LogP contribution in [0.4, 0.5) is 13.2 Å². The van der Waals surface area contributed by atoms with Crippen molar-refractivity contribution in [3.05, 3.63) is 33.7 Å². The van der Waals surface area contributed by atoms with E-state index in [4.69, 9.17) is 10.9 Å². The maximum Gasteiger partial charge on any atom is 0.411 e. The molecule has 0 saturated heterocycles. The van der Waals surface area contributed by atoms with E-state index in [2.05, 4.69) is 9.89 Å². The highest BCUT2D eigenvalue weighted by Gasteiger charge is 2.27. The second-order valence-electron chi connectivity index (χ2n) is 4.35. The number of rotatable bonds is 6. The maximum atomic E-state index is 12.1. The maximum absolute atomic E-state index is 12.1. The Morgan fingerprint density at radius 1 is 1.48 bits per heavy atom. The van der Waals surface area contributed by atoms with Crippen molar-refractivity contribution in [2.24, 2.45) is 10.9 Å². The molecule has 0 atom stereocenters. The third-order valence-corrected chi connectivity index (χ3v) is 2.71. The Labute approximate surface area is 118 Å². The van der Waals surface area contributed by atoms with Gasteiger partial charge in [0.1, 0.15) is 6.61 Å². The summed E-state index contributed by atoms with van der Waals surface area (Å²) in [5.41, 5.74) is 5.55. The van der Waals surface area contributed by atoms with Gasteiger partial charge in [0, 0.05) is 18.8 Å². The number of pyridine rings is 1. The van der Waals surface area contributed by atoms with E-state index in [1.54, 1.807) is 13.0 Å². The van der Waals surface area contributed by atoms with Gasteiger partial charge in [-0.05, 0) is 25.5 Å². The number of nitrogens with zero attached hydrogens (tertiary/aromatic N) is 2. The molecule has 0 radical (unpaired) electrons. The summed E-state index contributed by atoms with van der Waals surface area (Å²) in [6, 6.07) is 3.02. The first-order valence-corrected chi connectivity index (χ1v) is 6.09. The summed E-state index contributed by atoms with van der Waals surface area (Å²) in [5.74, 6) is -0.318. The van der Waals surface area contributed by atoms with Crippen molar-refractivity contribution in [3.63, 3.8) is 0 Å². The molecule has 0 amide bonds. The van der Waals surface area contributed by atoms with Gasteiger partial charge in [0.2, 0.25) is 0 Å². The van der Waals surface area contributed by atoms with Crippen LogP contribution in [0.15, 0.2) is 22.1 Å². The number of amidine groups is 1. The molecule has 0 unspecified atom stereocenters. The minimum atomic E-state index is -4.36. The van der Waals surface area contributed by atoms with E-state index in [9.17, 15) is 18.0 Å². The van der Waals surface area contributed by atoms with Crippen LogP contribution in [0.3, 0.4) is 0 Å². The van der Waals surface area contributed by atoms with Gasteiger partial charge in [0.05, 0.1) is 5.56 Å². The van der Waals surface area contributed by atoms with Crippen molar-refractivity contribution >= 4 is 5.84 Å². The van der Waals surface area contributed by atoms with Gasteiger partial charge in [0.25, 0.3) is 5.56 Å². The van der Waals surface area contributed by atoms with Crippen molar-refractivity contribution in [1.82, 2.24) is 4.57 Å². The molecule has 3 N–H and O–H groups in total.